The zero-order valence-electron chi connectivity index (χ0n) is 8.36. The largest absolute Gasteiger partial charge is 0.395 e. The second kappa shape index (κ2) is 6.86. The number of H-pyrrole nitrogens is 1. The van der Waals surface area contributed by atoms with Crippen molar-refractivity contribution in [3.8, 4) is 0 Å². The van der Waals surface area contributed by atoms with Crippen molar-refractivity contribution in [1.29, 1.82) is 0 Å². The Morgan fingerprint density at radius 1 is 1.71 bits per heavy atom. The summed E-state index contributed by atoms with van der Waals surface area (Å²) in [7, 11) is 0. The number of rotatable bonds is 7. The number of aliphatic hydroxyl groups excluding tert-OH is 1. The van der Waals surface area contributed by atoms with Gasteiger partial charge in [0.15, 0.2) is 5.16 Å². The Morgan fingerprint density at radius 3 is 3.14 bits per heavy atom. The lowest BCUT2D eigenvalue weighted by atomic mass is 10.2. The lowest BCUT2D eigenvalue weighted by Crippen LogP contribution is -2.32. The highest BCUT2D eigenvalue weighted by Crippen LogP contribution is 2.13. The van der Waals surface area contributed by atoms with Gasteiger partial charge in [-0.3, -0.25) is 0 Å². The SMILES string of the molecule is CCNC(CO)CCSc1ncc[nH]1. The summed E-state index contributed by atoms with van der Waals surface area (Å²) in [5, 5.41) is 13.2. The predicted octanol–water partition coefficient (Wildman–Crippen LogP) is 0.862. The number of hydrogen-bond acceptors (Lipinski definition) is 4. The summed E-state index contributed by atoms with van der Waals surface area (Å²) in [4.78, 5) is 7.14. The lowest BCUT2D eigenvalue weighted by molar-refractivity contribution is 0.242. The Hall–Kier alpha value is -0.520. The molecule has 0 aliphatic heterocycles. The van der Waals surface area contributed by atoms with E-state index in [1.54, 1.807) is 18.0 Å². The molecule has 0 aromatic carbocycles. The molecule has 0 saturated heterocycles. The number of nitrogens with one attached hydrogen (secondary N) is 2. The normalized spacial score (nSPS) is 13.0. The van der Waals surface area contributed by atoms with Crippen LogP contribution in [0.3, 0.4) is 0 Å². The summed E-state index contributed by atoms with van der Waals surface area (Å²) in [6.45, 7) is 3.14. The van der Waals surface area contributed by atoms with Crippen molar-refractivity contribution >= 4 is 11.8 Å². The van der Waals surface area contributed by atoms with E-state index >= 15 is 0 Å². The predicted molar refractivity (Wildman–Crippen MR) is 58.5 cm³/mol. The highest BCUT2D eigenvalue weighted by atomic mass is 32.2. The molecule has 0 fully saturated rings. The molecule has 14 heavy (non-hydrogen) atoms. The summed E-state index contributed by atoms with van der Waals surface area (Å²) >= 11 is 1.68. The lowest BCUT2D eigenvalue weighted by Gasteiger charge is -2.13. The molecule has 4 nitrogen and oxygen atoms in total. The third kappa shape index (κ3) is 4.13. The van der Waals surface area contributed by atoms with Gasteiger partial charge < -0.3 is 15.4 Å². The van der Waals surface area contributed by atoms with Gasteiger partial charge in [-0.25, -0.2) is 4.98 Å². The molecular weight excluding hydrogens is 198 g/mol. The van der Waals surface area contributed by atoms with E-state index in [0.29, 0.717) is 0 Å². The molecule has 0 saturated carbocycles. The van der Waals surface area contributed by atoms with E-state index in [4.69, 9.17) is 5.11 Å². The van der Waals surface area contributed by atoms with E-state index < -0.39 is 0 Å². The van der Waals surface area contributed by atoms with Crippen molar-refractivity contribution in [2.24, 2.45) is 0 Å². The zero-order chi connectivity index (χ0) is 10.2. The van der Waals surface area contributed by atoms with Crippen LogP contribution >= 0.6 is 11.8 Å². The number of likely N-dealkylation sites (N-methyl/N-ethyl adjacent to an activating group) is 1. The number of aromatic amines is 1. The molecule has 1 aromatic rings. The van der Waals surface area contributed by atoms with Crippen LogP contribution in [0.25, 0.3) is 0 Å². The molecule has 1 rings (SSSR count). The van der Waals surface area contributed by atoms with Crippen LogP contribution in [0.2, 0.25) is 0 Å². The molecular formula is C9H17N3OS. The molecule has 0 aliphatic rings. The fraction of sp³-hybridized carbons (Fsp3) is 0.667. The quantitative estimate of drug-likeness (QED) is 0.590. The Labute approximate surface area is 88.5 Å². The molecule has 0 radical (unpaired) electrons. The zero-order valence-corrected chi connectivity index (χ0v) is 9.18. The van der Waals surface area contributed by atoms with Gasteiger partial charge in [0.05, 0.1) is 6.61 Å². The number of nitrogens with zero attached hydrogens (tertiary/aromatic N) is 1. The van der Waals surface area contributed by atoms with Crippen molar-refractivity contribution in [3.05, 3.63) is 12.4 Å². The maximum absolute atomic E-state index is 9.02. The van der Waals surface area contributed by atoms with Crippen LogP contribution in [0.5, 0.6) is 0 Å². The second-order valence-corrected chi connectivity index (χ2v) is 4.05. The fourth-order valence-electron chi connectivity index (χ4n) is 1.17. The minimum absolute atomic E-state index is 0.201. The monoisotopic (exact) mass is 215 g/mol. The minimum atomic E-state index is 0.201. The van der Waals surface area contributed by atoms with Crippen LogP contribution in [-0.2, 0) is 0 Å². The molecule has 1 unspecified atom stereocenters. The van der Waals surface area contributed by atoms with Gasteiger partial charge in [0.2, 0.25) is 0 Å². The molecule has 1 heterocycles. The van der Waals surface area contributed by atoms with Gasteiger partial charge in [0, 0.05) is 24.2 Å². The third-order valence-corrected chi connectivity index (χ3v) is 2.83. The molecule has 3 N–H and O–H groups in total. The second-order valence-electron chi connectivity index (χ2n) is 2.97. The van der Waals surface area contributed by atoms with Crippen LogP contribution in [0.4, 0.5) is 0 Å². The number of hydrogen-bond donors (Lipinski definition) is 3. The van der Waals surface area contributed by atoms with Crippen LogP contribution in [-0.4, -0.2) is 40.0 Å². The first-order chi connectivity index (χ1) is 6.86. The molecule has 0 bridgehead atoms. The van der Waals surface area contributed by atoms with E-state index in [1.807, 2.05) is 13.1 Å². The van der Waals surface area contributed by atoms with Crippen molar-refractivity contribution in [3.63, 3.8) is 0 Å². The van der Waals surface area contributed by atoms with E-state index in [-0.39, 0.29) is 12.6 Å². The van der Waals surface area contributed by atoms with Gasteiger partial charge in [-0.15, -0.1) is 0 Å². The standard InChI is InChI=1S/C9H17N3OS/c1-2-10-8(7-13)3-6-14-9-11-4-5-12-9/h4-5,8,10,13H,2-3,6-7H2,1H3,(H,11,12). The number of thioether (sulfide) groups is 1. The van der Waals surface area contributed by atoms with Crippen LogP contribution < -0.4 is 5.32 Å². The minimum Gasteiger partial charge on any atom is -0.395 e. The molecule has 1 atom stereocenters. The number of imidazole rings is 1. The summed E-state index contributed by atoms with van der Waals surface area (Å²) in [6.07, 6.45) is 4.52. The highest BCUT2D eigenvalue weighted by Gasteiger charge is 2.05. The molecule has 0 amide bonds. The summed E-state index contributed by atoms with van der Waals surface area (Å²) in [5.41, 5.74) is 0. The van der Waals surface area contributed by atoms with Gasteiger partial charge >= 0.3 is 0 Å². The van der Waals surface area contributed by atoms with Gasteiger partial charge in [-0.2, -0.15) is 0 Å². The summed E-state index contributed by atoms with van der Waals surface area (Å²) in [5.74, 6) is 0.964. The van der Waals surface area contributed by atoms with E-state index in [0.717, 1.165) is 23.9 Å². The molecule has 0 spiro atoms. The summed E-state index contributed by atoms with van der Waals surface area (Å²) < 4.78 is 0. The van der Waals surface area contributed by atoms with Crippen molar-refractivity contribution in [2.75, 3.05) is 18.9 Å². The topological polar surface area (TPSA) is 60.9 Å². The van der Waals surface area contributed by atoms with Gasteiger partial charge in [-0.1, -0.05) is 18.7 Å². The maximum atomic E-state index is 9.02. The van der Waals surface area contributed by atoms with Gasteiger partial charge in [0.25, 0.3) is 0 Å². The average Bonchev–Trinajstić information content (AvgIpc) is 2.69. The molecule has 0 aliphatic carbocycles. The van der Waals surface area contributed by atoms with Crippen LogP contribution in [0.15, 0.2) is 17.6 Å². The smallest absolute Gasteiger partial charge is 0.165 e. The van der Waals surface area contributed by atoms with E-state index in [1.165, 1.54) is 0 Å². The van der Waals surface area contributed by atoms with Gasteiger partial charge in [-0.05, 0) is 13.0 Å². The number of aliphatic hydroxyl groups is 1. The van der Waals surface area contributed by atoms with Crippen molar-refractivity contribution in [2.45, 2.75) is 24.5 Å². The molecule has 5 heteroatoms. The highest BCUT2D eigenvalue weighted by molar-refractivity contribution is 7.99. The molecule has 1 aromatic heterocycles. The first-order valence-corrected chi connectivity index (χ1v) is 5.81. The van der Waals surface area contributed by atoms with Crippen molar-refractivity contribution < 1.29 is 5.11 Å². The Morgan fingerprint density at radius 2 is 2.57 bits per heavy atom. The fourth-order valence-corrected chi connectivity index (χ4v) is 2.06. The van der Waals surface area contributed by atoms with E-state index in [2.05, 4.69) is 15.3 Å². The van der Waals surface area contributed by atoms with Crippen LogP contribution in [0.1, 0.15) is 13.3 Å². The maximum Gasteiger partial charge on any atom is 0.165 e. The third-order valence-electron chi connectivity index (χ3n) is 1.89. The first-order valence-electron chi connectivity index (χ1n) is 4.83. The summed E-state index contributed by atoms with van der Waals surface area (Å²) in [6, 6.07) is 0.211. The molecule has 80 valence electrons. The average molecular weight is 215 g/mol. The van der Waals surface area contributed by atoms with Gasteiger partial charge in [0.1, 0.15) is 0 Å². The number of aromatic nitrogens is 2. The Kier molecular flexibility index (Phi) is 5.66. The van der Waals surface area contributed by atoms with E-state index in [9.17, 15) is 0 Å². The Balaban J connectivity index is 2.13. The van der Waals surface area contributed by atoms with Crippen LogP contribution in [0, 0.1) is 0 Å². The Bertz CT molecular complexity index is 228. The van der Waals surface area contributed by atoms with Crippen molar-refractivity contribution in [1.82, 2.24) is 15.3 Å². The first kappa shape index (κ1) is 11.6.